The number of carbonyl (C=O) groups excluding carboxylic acids is 1. The van der Waals surface area contributed by atoms with Crippen LogP contribution in [0.5, 0.6) is 0 Å². The molecule has 0 aliphatic carbocycles. The summed E-state index contributed by atoms with van der Waals surface area (Å²) in [5.41, 5.74) is -0.187. The largest absolute Gasteiger partial charge is 0.356 e. The van der Waals surface area contributed by atoms with Gasteiger partial charge in [-0.3, -0.25) is 9.79 Å². The van der Waals surface area contributed by atoms with Crippen LogP contribution in [0.3, 0.4) is 0 Å². The molecule has 0 aromatic carbocycles. The van der Waals surface area contributed by atoms with E-state index in [-0.39, 0.29) is 41.5 Å². The fourth-order valence-corrected chi connectivity index (χ4v) is 4.25. The predicted octanol–water partition coefficient (Wildman–Crippen LogP) is 1.85. The number of rotatable bonds is 4. The van der Waals surface area contributed by atoms with Crippen molar-refractivity contribution in [3.63, 3.8) is 0 Å². The summed E-state index contributed by atoms with van der Waals surface area (Å²) in [6, 6.07) is 0.225. The molecule has 0 spiro atoms. The van der Waals surface area contributed by atoms with E-state index in [9.17, 15) is 4.79 Å². The summed E-state index contributed by atoms with van der Waals surface area (Å²) < 4.78 is 0. The summed E-state index contributed by atoms with van der Waals surface area (Å²) in [7, 11) is 1.81. The van der Waals surface area contributed by atoms with Crippen LogP contribution in [0.25, 0.3) is 0 Å². The first-order valence-electron chi connectivity index (χ1n) is 9.28. The summed E-state index contributed by atoms with van der Waals surface area (Å²) >= 11 is 0. The third-order valence-electron chi connectivity index (χ3n) is 5.22. The molecule has 2 rings (SSSR count). The van der Waals surface area contributed by atoms with E-state index in [0.29, 0.717) is 12.5 Å². The summed E-state index contributed by atoms with van der Waals surface area (Å²) in [5.74, 6) is 1.71. The quantitative estimate of drug-likeness (QED) is 0.391. The highest BCUT2D eigenvalue weighted by molar-refractivity contribution is 14.0. The fourth-order valence-electron chi connectivity index (χ4n) is 4.25. The molecule has 0 aromatic heterocycles. The number of aliphatic imine (C=N–C) groups is 1. The number of likely N-dealkylation sites (tertiary alicyclic amines) is 1. The van der Waals surface area contributed by atoms with E-state index in [1.807, 2.05) is 11.9 Å². The topological polar surface area (TPSA) is 51.2 Å². The van der Waals surface area contributed by atoms with E-state index in [1.165, 1.54) is 13.0 Å². The highest BCUT2D eigenvalue weighted by Crippen LogP contribution is 2.24. The normalized spacial score (nSPS) is 24.7. The van der Waals surface area contributed by atoms with Crippen LogP contribution in [0.4, 0.5) is 0 Å². The van der Waals surface area contributed by atoms with E-state index >= 15 is 0 Å². The second kappa shape index (κ2) is 9.39. The summed E-state index contributed by atoms with van der Waals surface area (Å²) in [5, 5.41) is 3.51. The number of halogens is 1. The zero-order valence-electron chi connectivity index (χ0n) is 16.7. The van der Waals surface area contributed by atoms with Gasteiger partial charge < -0.3 is 20.0 Å². The molecule has 2 fully saturated rings. The summed E-state index contributed by atoms with van der Waals surface area (Å²) in [6.45, 7) is 16.3. The van der Waals surface area contributed by atoms with Gasteiger partial charge in [-0.1, -0.05) is 6.92 Å². The van der Waals surface area contributed by atoms with E-state index in [4.69, 9.17) is 0 Å². The molecule has 1 N–H and O–H groups in total. The number of nitrogens with zero attached hydrogens (tertiary/aromatic N) is 4. The van der Waals surface area contributed by atoms with Gasteiger partial charge in [-0.2, -0.15) is 0 Å². The lowest BCUT2D eigenvalue weighted by Crippen LogP contribution is -2.66. The molecule has 0 radical (unpaired) electrons. The monoisotopic (exact) mass is 465 g/mol. The summed E-state index contributed by atoms with van der Waals surface area (Å²) in [6.07, 6.45) is 1.24. The fraction of sp³-hybridized carbons (Fsp3) is 0.889. The maximum absolute atomic E-state index is 12.6. The summed E-state index contributed by atoms with van der Waals surface area (Å²) in [4.78, 5) is 23.6. The average molecular weight is 465 g/mol. The standard InChI is InChI=1S/C18H35N5O.HI/c1-7-21-9-8-15(11-21)10-20-17(19-6)22-12-16(24)23(14(2)3)18(4,5)13-22;/h14-15H,7-13H2,1-6H3,(H,19,20);1H. The van der Waals surface area contributed by atoms with Crippen molar-refractivity contribution in [2.24, 2.45) is 10.9 Å². The van der Waals surface area contributed by atoms with Crippen molar-refractivity contribution in [2.45, 2.75) is 52.6 Å². The maximum atomic E-state index is 12.6. The molecule has 1 unspecified atom stereocenters. The molecule has 2 aliphatic rings. The van der Waals surface area contributed by atoms with Crippen molar-refractivity contribution >= 4 is 35.8 Å². The first kappa shape index (κ1) is 22.5. The lowest BCUT2D eigenvalue weighted by atomic mass is 9.96. The van der Waals surface area contributed by atoms with Crippen molar-refractivity contribution in [1.82, 2.24) is 20.0 Å². The first-order chi connectivity index (χ1) is 11.3. The number of hydrogen-bond donors (Lipinski definition) is 1. The van der Waals surface area contributed by atoms with Crippen LogP contribution in [0.1, 0.15) is 41.0 Å². The Bertz CT molecular complexity index is 480. The number of guanidine groups is 1. The Balaban J connectivity index is 0.00000312. The van der Waals surface area contributed by atoms with E-state index < -0.39 is 0 Å². The first-order valence-corrected chi connectivity index (χ1v) is 9.28. The van der Waals surface area contributed by atoms with Crippen LogP contribution in [0.2, 0.25) is 0 Å². The molecule has 1 amide bonds. The lowest BCUT2D eigenvalue weighted by molar-refractivity contribution is -0.145. The van der Waals surface area contributed by atoms with Gasteiger partial charge in [0, 0.05) is 32.7 Å². The third kappa shape index (κ3) is 5.45. The van der Waals surface area contributed by atoms with Crippen LogP contribution in [-0.2, 0) is 4.79 Å². The van der Waals surface area contributed by atoms with Gasteiger partial charge in [0.25, 0.3) is 0 Å². The predicted molar refractivity (Wildman–Crippen MR) is 115 cm³/mol. The van der Waals surface area contributed by atoms with Gasteiger partial charge >= 0.3 is 0 Å². The number of amides is 1. The number of piperazine rings is 1. The van der Waals surface area contributed by atoms with Crippen molar-refractivity contribution in [3.8, 4) is 0 Å². The minimum Gasteiger partial charge on any atom is -0.356 e. The number of hydrogen-bond acceptors (Lipinski definition) is 3. The molecule has 6 nitrogen and oxygen atoms in total. The van der Waals surface area contributed by atoms with E-state index in [2.05, 4.69) is 54.7 Å². The van der Waals surface area contributed by atoms with Crippen molar-refractivity contribution in [3.05, 3.63) is 0 Å². The van der Waals surface area contributed by atoms with Crippen molar-refractivity contribution in [2.75, 3.05) is 46.3 Å². The minimum atomic E-state index is -0.187. The molecule has 7 heteroatoms. The molecule has 25 heavy (non-hydrogen) atoms. The van der Waals surface area contributed by atoms with Crippen LogP contribution >= 0.6 is 24.0 Å². The molecule has 146 valence electrons. The van der Waals surface area contributed by atoms with Crippen LogP contribution in [0, 0.1) is 5.92 Å². The van der Waals surface area contributed by atoms with E-state index in [1.54, 1.807) is 0 Å². The molecule has 2 aliphatic heterocycles. The van der Waals surface area contributed by atoms with Gasteiger partial charge in [0.1, 0.15) is 0 Å². The van der Waals surface area contributed by atoms with E-state index in [0.717, 1.165) is 32.1 Å². The molecule has 0 aromatic rings. The minimum absolute atomic E-state index is 0. The molecule has 2 heterocycles. The molecular weight excluding hydrogens is 429 g/mol. The lowest BCUT2D eigenvalue weighted by Gasteiger charge is -2.49. The highest BCUT2D eigenvalue weighted by atomic mass is 127. The smallest absolute Gasteiger partial charge is 0.242 e. The van der Waals surface area contributed by atoms with Gasteiger partial charge in [0.05, 0.1) is 12.1 Å². The Morgan fingerprint density at radius 3 is 2.56 bits per heavy atom. The van der Waals surface area contributed by atoms with Crippen LogP contribution in [-0.4, -0.2) is 84.5 Å². The second-order valence-electron chi connectivity index (χ2n) is 8.00. The van der Waals surface area contributed by atoms with Gasteiger partial charge in [0.2, 0.25) is 5.91 Å². The Morgan fingerprint density at radius 2 is 2.08 bits per heavy atom. The average Bonchev–Trinajstić information content (AvgIpc) is 2.93. The molecular formula is C18H36IN5O. The molecule has 2 saturated heterocycles. The number of nitrogens with one attached hydrogen (secondary N) is 1. The SMILES string of the molecule is CCN1CCC(CNC(=NC)N2CC(=O)N(C(C)C)C(C)(C)C2)C1.I. The zero-order valence-corrected chi connectivity index (χ0v) is 19.0. The highest BCUT2D eigenvalue weighted by Gasteiger charge is 2.40. The zero-order chi connectivity index (χ0) is 17.9. The number of carbonyl (C=O) groups is 1. The molecule has 0 saturated carbocycles. The Hall–Kier alpha value is -0.570. The Kier molecular flexibility index (Phi) is 8.44. The van der Waals surface area contributed by atoms with Crippen LogP contribution in [0.15, 0.2) is 4.99 Å². The van der Waals surface area contributed by atoms with Gasteiger partial charge in [0.15, 0.2) is 5.96 Å². The van der Waals surface area contributed by atoms with Gasteiger partial charge in [-0.25, -0.2) is 0 Å². The second-order valence-corrected chi connectivity index (χ2v) is 8.00. The molecule has 0 bridgehead atoms. The third-order valence-corrected chi connectivity index (χ3v) is 5.22. The van der Waals surface area contributed by atoms with Crippen molar-refractivity contribution in [1.29, 1.82) is 0 Å². The Morgan fingerprint density at radius 1 is 1.40 bits per heavy atom. The Labute approximate surface area is 170 Å². The van der Waals surface area contributed by atoms with Gasteiger partial charge in [-0.05, 0) is 53.1 Å². The maximum Gasteiger partial charge on any atom is 0.242 e. The van der Waals surface area contributed by atoms with Crippen LogP contribution < -0.4 is 5.32 Å². The molecule has 1 atom stereocenters. The van der Waals surface area contributed by atoms with Crippen molar-refractivity contribution < 1.29 is 4.79 Å². The van der Waals surface area contributed by atoms with Gasteiger partial charge in [-0.15, -0.1) is 24.0 Å².